The van der Waals surface area contributed by atoms with E-state index in [1.165, 1.54) is 12.1 Å². The van der Waals surface area contributed by atoms with Gasteiger partial charge in [0.15, 0.2) is 0 Å². The van der Waals surface area contributed by atoms with Crippen molar-refractivity contribution < 1.29 is 14.3 Å². The summed E-state index contributed by atoms with van der Waals surface area (Å²) in [6.07, 6.45) is 0.226. The molecule has 0 heterocycles. The van der Waals surface area contributed by atoms with Crippen LogP contribution in [0.3, 0.4) is 0 Å². The Morgan fingerprint density at radius 2 is 2.18 bits per heavy atom. The average molecular weight is 239 g/mol. The smallest absolute Gasteiger partial charge is 0.220 e. The van der Waals surface area contributed by atoms with Crippen LogP contribution in [0, 0.1) is 5.82 Å². The van der Waals surface area contributed by atoms with Crippen molar-refractivity contribution in [1.82, 2.24) is 5.32 Å². The standard InChI is InChI=1S/C13H18FNO2/c1-9(16)6-7-13(17)15-10(2)11-4-3-5-12(14)8-11/h3-5,8-10,16H,6-7H2,1-2H3,(H,15,17)/t9?,10-/m1/s1. The van der Waals surface area contributed by atoms with Crippen molar-refractivity contribution in [3.8, 4) is 0 Å². The molecule has 0 aliphatic rings. The summed E-state index contributed by atoms with van der Waals surface area (Å²) in [6.45, 7) is 3.44. The Labute approximate surface area is 101 Å². The quantitative estimate of drug-likeness (QED) is 0.827. The predicted octanol–water partition coefficient (Wildman–Crippen LogP) is 2.16. The summed E-state index contributed by atoms with van der Waals surface area (Å²) >= 11 is 0. The lowest BCUT2D eigenvalue weighted by Crippen LogP contribution is -2.27. The normalized spacial score (nSPS) is 14.1. The summed E-state index contributed by atoms with van der Waals surface area (Å²) in [4.78, 5) is 11.5. The molecular formula is C13H18FNO2. The maximum Gasteiger partial charge on any atom is 0.220 e. The molecule has 0 aliphatic heterocycles. The van der Waals surface area contributed by atoms with Gasteiger partial charge < -0.3 is 10.4 Å². The van der Waals surface area contributed by atoms with E-state index in [1.807, 2.05) is 0 Å². The van der Waals surface area contributed by atoms with E-state index in [0.717, 1.165) is 5.56 Å². The molecule has 0 spiro atoms. The Bertz CT molecular complexity index is 379. The highest BCUT2D eigenvalue weighted by molar-refractivity contribution is 5.76. The molecular weight excluding hydrogens is 221 g/mol. The number of benzene rings is 1. The van der Waals surface area contributed by atoms with Crippen LogP contribution < -0.4 is 5.32 Å². The van der Waals surface area contributed by atoms with E-state index in [4.69, 9.17) is 5.11 Å². The number of aliphatic hydroxyl groups is 1. The van der Waals surface area contributed by atoms with Crippen LogP contribution in [0.1, 0.15) is 38.3 Å². The van der Waals surface area contributed by atoms with Gasteiger partial charge >= 0.3 is 0 Å². The minimum atomic E-state index is -0.481. The number of amides is 1. The lowest BCUT2D eigenvalue weighted by atomic mass is 10.1. The number of halogens is 1. The highest BCUT2D eigenvalue weighted by Crippen LogP contribution is 2.13. The molecule has 1 aromatic rings. The van der Waals surface area contributed by atoms with E-state index in [1.54, 1.807) is 26.0 Å². The highest BCUT2D eigenvalue weighted by Gasteiger charge is 2.10. The molecule has 1 rings (SSSR count). The molecule has 0 radical (unpaired) electrons. The molecule has 17 heavy (non-hydrogen) atoms. The van der Waals surface area contributed by atoms with Crippen molar-refractivity contribution in [2.45, 2.75) is 38.8 Å². The maximum absolute atomic E-state index is 13.0. The Balaban J connectivity index is 2.48. The number of carbonyl (C=O) groups is 1. The fourth-order valence-corrected chi connectivity index (χ4v) is 1.51. The van der Waals surface area contributed by atoms with Crippen LogP contribution in [-0.2, 0) is 4.79 Å². The molecule has 4 heteroatoms. The highest BCUT2D eigenvalue weighted by atomic mass is 19.1. The van der Waals surface area contributed by atoms with Crippen molar-refractivity contribution in [2.75, 3.05) is 0 Å². The maximum atomic E-state index is 13.0. The monoisotopic (exact) mass is 239 g/mol. The van der Waals surface area contributed by atoms with Crippen molar-refractivity contribution >= 4 is 5.91 Å². The van der Waals surface area contributed by atoms with E-state index in [9.17, 15) is 9.18 Å². The van der Waals surface area contributed by atoms with Gasteiger partial charge in [-0.3, -0.25) is 4.79 Å². The summed E-state index contributed by atoms with van der Waals surface area (Å²) in [6, 6.07) is 5.92. The van der Waals surface area contributed by atoms with Crippen LogP contribution in [-0.4, -0.2) is 17.1 Å². The molecule has 0 aliphatic carbocycles. The van der Waals surface area contributed by atoms with Gasteiger partial charge in [-0.15, -0.1) is 0 Å². The van der Waals surface area contributed by atoms with E-state index >= 15 is 0 Å². The Hall–Kier alpha value is -1.42. The minimum absolute atomic E-state index is 0.136. The van der Waals surface area contributed by atoms with Gasteiger partial charge in [0.1, 0.15) is 5.82 Å². The predicted molar refractivity (Wildman–Crippen MR) is 63.9 cm³/mol. The van der Waals surface area contributed by atoms with Gasteiger partial charge in [0.2, 0.25) is 5.91 Å². The van der Waals surface area contributed by atoms with Gasteiger partial charge in [-0.2, -0.15) is 0 Å². The fourth-order valence-electron chi connectivity index (χ4n) is 1.51. The molecule has 1 unspecified atom stereocenters. The first kappa shape index (κ1) is 13.6. The van der Waals surface area contributed by atoms with E-state index < -0.39 is 6.10 Å². The summed E-state index contributed by atoms with van der Waals surface area (Å²) in [5.41, 5.74) is 0.732. The summed E-state index contributed by atoms with van der Waals surface area (Å²) < 4.78 is 13.0. The molecule has 0 bridgehead atoms. The zero-order chi connectivity index (χ0) is 12.8. The van der Waals surface area contributed by atoms with Crippen LogP contribution >= 0.6 is 0 Å². The largest absolute Gasteiger partial charge is 0.393 e. The molecule has 1 amide bonds. The summed E-state index contributed by atoms with van der Waals surface area (Å²) in [5, 5.41) is 11.8. The second-order valence-electron chi connectivity index (χ2n) is 4.23. The first-order valence-corrected chi connectivity index (χ1v) is 5.72. The molecule has 0 fully saturated rings. The number of carbonyl (C=O) groups excluding carboxylic acids is 1. The van der Waals surface area contributed by atoms with Crippen LogP contribution in [0.4, 0.5) is 4.39 Å². The zero-order valence-electron chi connectivity index (χ0n) is 10.1. The number of hydrogen-bond donors (Lipinski definition) is 2. The second-order valence-corrected chi connectivity index (χ2v) is 4.23. The van der Waals surface area contributed by atoms with Gasteiger partial charge in [-0.1, -0.05) is 12.1 Å². The van der Waals surface area contributed by atoms with Crippen LogP contribution in [0.15, 0.2) is 24.3 Å². The molecule has 2 N–H and O–H groups in total. The summed E-state index contributed by atoms with van der Waals surface area (Å²) in [7, 11) is 0. The fraction of sp³-hybridized carbons (Fsp3) is 0.462. The number of aliphatic hydroxyl groups excluding tert-OH is 1. The lowest BCUT2D eigenvalue weighted by Gasteiger charge is -2.14. The molecule has 0 aromatic heterocycles. The van der Waals surface area contributed by atoms with Crippen molar-refractivity contribution in [1.29, 1.82) is 0 Å². The number of nitrogens with one attached hydrogen (secondary N) is 1. The van der Waals surface area contributed by atoms with Gasteiger partial charge in [0, 0.05) is 6.42 Å². The number of rotatable bonds is 5. The molecule has 94 valence electrons. The van der Waals surface area contributed by atoms with Gasteiger partial charge in [0.25, 0.3) is 0 Å². The van der Waals surface area contributed by atoms with Crippen LogP contribution in [0.2, 0.25) is 0 Å². The van der Waals surface area contributed by atoms with Crippen molar-refractivity contribution in [2.24, 2.45) is 0 Å². The van der Waals surface area contributed by atoms with Crippen molar-refractivity contribution in [3.05, 3.63) is 35.6 Å². The Kier molecular flexibility index (Phi) is 5.10. The molecule has 0 saturated heterocycles. The second kappa shape index (κ2) is 6.35. The Morgan fingerprint density at radius 3 is 2.76 bits per heavy atom. The zero-order valence-corrected chi connectivity index (χ0v) is 10.1. The first-order chi connectivity index (χ1) is 7.99. The lowest BCUT2D eigenvalue weighted by molar-refractivity contribution is -0.122. The number of hydrogen-bond acceptors (Lipinski definition) is 2. The van der Waals surface area contributed by atoms with Crippen LogP contribution in [0.5, 0.6) is 0 Å². The van der Waals surface area contributed by atoms with Gasteiger partial charge in [0.05, 0.1) is 12.1 Å². The first-order valence-electron chi connectivity index (χ1n) is 5.72. The van der Waals surface area contributed by atoms with Crippen molar-refractivity contribution in [3.63, 3.8) is 0 Å². The molecule has 2 atom stereocenters. The molecule has 1 aromatic carbocycles. The third-order valence-corrected chi connectivity index (χ3v) is 2.52. The summed E-state index contributed by atoms with van der Waals surface area (Å²) in [5.74, 6) is -0.449. The molecule has 0 saturated carbocycles. The average Bonchev–Trinajstić information content (AvgIpc) is 2.26. The topological polar surface area (TPSA) is 49.3 Å². The third kappa shape index (κ3) is 4.95. The Morgan fingerprint density at radius 1 is 1.47 bits per heavy atom. The minimum Gasteiger partial charge on any atom is -0.393 e. The van der Waals surface area contributed by atoms with Gasteiger partial charge in [-0.05, 0) is 38.0 Å². The third-order valence-electron chi connectivity index (χ3n) is 2.52. The SMILES string of the molecule is CC(O)CCC(=O)N[C@H](C)c1cccc(F)c1. The molecule has 3 nitrogen and oxygen atoms in total. The van der Waals surface area contributed by atoms with Gasteiger partial charge in [-0.25, -0.2) is 4.39 Å². The van der Waals surface area contributed by atoms with E-state index in [-0.39, 0.29) is 24.2 Å². The van der Waals surface area contributed by atoms with E-state index in [0.29, 0.717) is 6.42 Å². The van der Waals surface area contributed by atoms with Crippen LogP contribution in [0.25, 0.3) is 0 Å². The van der Waals surface area contributed by atoms with E-state index in [2.05, 4.69) is 5.32 Å².